The number of amides is 2. The van der Waals surface area contributed by atoms with Gasteiger partial charge in [0.25, 0.3) is 0 Å². The Bertz CT molecular complexity index is 2340. The van der Waals surface area contributed by atoms with Gasteiger partial charge >= 0.3 is 24.1 Å². The third-order valence-corrected chi connectivity index (χ3v) is 10.6. The number of hydrogen-bond acceptors (Lipinski definition) is 8. The predicted octanol–water partition coefficient (Wildman–Crippen LogP) is 8.08. The molecule has 7 rings (SSSR count). The minimum atomic E-state index is -1.67. The zero-order chi connectivity index (χ0) is 43.1. The lowest BCUT2D eigenvalue weighted by Crippen LogP contribution is -2.52. The van der Waals surface area contributed by atoms with Crippen LogP contribution in [0, 0.1) is 0 Å². The SMILES string of the molecule is C[C@@H](OC(=O)[C@H](Cc1cn(C(c2ccccc2)(c2ccccc2)c2ccccc2)cn1)NC(=O)OCC1c2ccccc2-c2ccccc21)[C@H](NC(=O)OC(C)(C)C)C(=O)O. The molecule has 1 aliphatic carbocycles. The van der Waals surface area contributed by atoms with Gasteiger partial charge in [0.05, 0.1) is 12.0 Å². The molecule has 0 fully saturated rings. The van der Waals surface area contributed by atoms with E-state index in [0.717, 1.165) is 38.9 Å². The minimum absolute atomic E-state index is 0.0126. The van der Waals surface area contributed by atoms with Crippen molar-refractivity contribution < 1.29 is 38.5 Å². The van der Waals surface area contributed by atoms with Gasteiger partial charge in [0.1, 0.15) is 29.9 Å². The van der Waals surface area contributed by atoms with Crippen molar-refractivity contribution in [3.05, 3.63) is 186 Å². The van der Waals surface area contributed by atoms with Crippen molar-refractivity contribution in [1.29, 1.82) is 0 Å². The van der Waals surface area contributed by atoms with Crippen LogP contribution in [0.25, 0.3) is 11.1 Å². The van der Waals surface area contributed by atoms with E-state index in [4.69, 9.17) is 19.2 Å². The fraction of sp³-hybridized carbons (Fsp3) is 0.245. The molecule has 1 aromatic heterocycles. The highest BCUT2D eigenvalue weighted by molar-refractivity contribution is 5.84. The van der Waals surface area contributed by atoms with Crippen LogP contribution in [0.15, 0.2) is 152 Å². The maximum atomic E-state index is 14.1. The molecule has 12 heteroatoms. The Morgan fingerprint density at radius 2 is 1.20 bits per heavy atom. The highest BCUT2D eigenvalue weighted by atomic mass is 16.6. The molecule has 1 aliphatic rings. The summed E-state index contributed by atoms with van der Waals surface area (Å²) in [6, 6.07) is 42.8. The van der Waals surface area contributed by atoms with Crippen LogP contribution in [0.4, 0.5) is 9.59 Å². The second kappa shape index (κ2) is 18.0. The lowest BCUT2D eigenvalue weighted by Gasteiger charge is -2.37. The molecule has 0 bridgehead atoms. The number of alkyl carbamates (subject to hydrolysis) is 2. The van der Waals surface area contributed by atoms with E-state index < -0.39 is 53.5 Å². The Labute approximate surface area is 354 Å². The number of aromatic nitrogens is 2. The largest absolute Gasteiger partial charge is 0.480 e. The van der Waals surface area contributed by atoms with Gasteiger partial charge in [-0.1, -0.05) is 140 Å². The molecule has 312 valence electrons. The summed E-state index contributed by atoms with van der Waals surface area (Å²) in [6.45, 7) is 6.23. The first kappa shape index (κ1) is 41.9. The van der Waals surface area contributed by atoms with E-state index >= 15 is 0 Å². The van der Waals surface area contributed by atoms with E-state index in [1.54, 1.807) is 27.1 Å². The number of imidazole rings is 1. The summed E-state index contributed by atoms with van der Waals surface area (Å²) in [5.41, 5.74) is 5.62. The van der Waals surface area contributed by atoms with Gasteiger partial charge in [-0.05, 0) is 66.6 Å². The highest BCUT2D eigenvalue weighted by Crippen LogP contribution is 2.45. The molecule has 3 N–H and O–H groups in total. The number of nitrogens with zero attached hydrogens (tertiary/aromatic N) is 2. The number of hydrogen-bond donors (Lipinski definition) is 3. The summed E-state index contributed by atoms with van der Waals surface area (Å²) in [6.07, 6.45) is 0.0782. The van der Waals surface area contributed by atoms with Crippen molar-refractivity contribution in [3.8, 4) is 11.1 Å². The number of rotatable bonds is 14. The molecule has 6 aromatic rings. The van der Waals surface area contributed by atoms with Crippen LogP contribution in [-0.4, -0.2) is 69.2 Å². The first-order chi connectivity index (χ1) is 29.3. The fourth-order valence-corrected chi connectivity index (χ4v) is 7.97. The second-order valence-corrected chi connectivity index (χ2v) is 15.9. The smallest absolute Gasteiger partial charge is 0.408 e. The van der Waals surface area contributed by atoms with Gasteiger partial charge in [0.2, 0.25) is 0 Å². The van der Waals surface area contributed by atoms with Crippen molar-refractivity contribution in [2.45, 2.75) is 69.4 Å². The standard InChI is InChI=1S/C49H48N4O8/c1-32(43(44(54)55)52-47(58)61-48(2,3)4)60-45(56)42(51-46(57)59-30-41-39-26-16-14-24-37(39)38-25-15-17-27-40(38)41)28-36-29-53(31-50-36)49(33-18-8-5-9-19-33,34-20-10-6-11-21-34)35-22-12-7-13-23-35/h5-27,29,31-32,41-43H,28,30H2,1-4H3,(H,51,57)(H,52,58)(H,54,55)/t32-,42+,43+/m1/s1. The first-order valence-corrected chi connectivity index (χ1v) is 20.1. The molecule has 12 nitrogen and oxygen atoms in total. The zero-order valence-corrected chi connectivity index (χ0v) is 34.4. The van der Waals surface area contributed by atoms with Crippen molar-refractivity contribution in [3.63, 3.8) is 0 Å². The first-order valence-electron chi connectivity index (χ1n) is 20.1. The van der Waals surface area contributed by atoms with Gasteiger partial charge in [0, 0.05) is 18.5 Å². The Kier molecular flexibility index (Phi) is 12.3. The quantitative estimate of drug-likeness (QED) is 0.0561. The average molecular weight is 821 g/mol. The summed E-state index contributed by atoms with van der Waals surface area (Å²) in [5.74, 6) is -2.66. The fourth-order valence-electron chi connectivity index (χ4n) is 7.97. The number of carbonyl (C=O) groups is 4. The number of fused-ring (bicyclic) bond motifs is 3. The molecule has 5 aromatic carbocycles. The van der Waals surface area contributed by atoms with Crippen LogP contribution in [0.3, 0.4) is 0 Å². The Balaban J connectivity index is 1.19. The molecular weight excluding hydrogens is 773 g/mol. The second-order valence-electron chi connectivity index (χ2n) is 15.9. The molecule has 0 saturated heterocycles. The van der Waals surface area contributed by atoms with E-state index in [1.165, 1.54) is 6.92 Å². The molecule has 61 heavy (non-hydrogen) atoms. The molecular formula is C49H48N4O8. The molecule has 0 saturated carbocycles. The monoisotopic (exact) mass is 820 g/mol. The van der Waals surface area contributed by atoms with Crippen LogP contribution in [0.2, 0.25) is 0 Å². The predicted molar refractivity (Wildman–Crippen MR) is 229 cm³/mol. The van der Waals surface area contributed by atoms with Gasteiger partial charge in [-0.3, -0.25) is 0 Å². The third kappa shape index (κ3) is 9.18. The number of carboxylic acid groups (broad SMARTS) is 1. The summed E-state index contributed by atoms with van der Waals surface area (Å²) < 4.78 is 18.8. The van der Waals surface area contributed by atoms with E-state index in [2.05, 4.69) is 10.6 Å². The van der Waals surface area contributed by atoms with Gasteiger partial charge in [-0.15, -0.1) is 0 Å². The molecule has 2 amide bonds. The van der Waals surface area contributed by atoms with Crippen LogP contribution in [0.5, 0.6) is 0 Å². The van der Waals surface area contributed by atoms with Gasteiger partial charge in [-0.25, -0.2) is 24.2 Å². The number of benzene rings is 5. The van der Waals surface area contributed by atoms with Crippen LogP contribution in [0.1, 0.15) is 67.1 Å². The summed E-state index contributed by atoms with van der Waals surface area (Å²) in [7, 11) is 0. The highest BCUT2D eigenvalue weighted by Gasteiger charge is 2.39. The summed E-state index contributed by atoms with van der Waals surface area (Å²) >= 11 is 0. The summed E-state index contributed by atoms with van der Waals surface area (Å²) in [5, 5.41) is 15.0. The van der Waals surface area contributed by atoms with Crippen LogP contribution < -0.4 is 10.6 Å². The number of ether oxygens (including phenoxy) is 3. The van der Waals surface area contributed by atoms with E-state index in [-0.39, 0.29) is 18.9 Å². The van der Waals surface area contributed by atoms with Crippen molar-refractivity contribution >= 4 is 24.1 Å². The van der Waals surface area contributed by atoms with Gasteiger partial charge < -0.3 is 34.5 Å². The van der Waals surface area contributed by atoms with E-state index in [9.17, 15) is 24.3 Å². The molecule has 0 spiro atoms. The van der Waals surface area contributed by atoms with Gasteiger partial charge in [0.15, 0.2) is 6.04 Å². The molecule has 0 aliphatic heterocycles. The topological polar surface area (TPSA) is 158 Å². The van der Waals surface area contributed by atoms with Crippen LogP contribution in [-0.2, 0) is 35.8 Å². The molecule has 0 unspecified atom stereocenters. The van der Waals surface area contributed by atoms with E-state index in [1.807, 2.05) is 150 Å². The Morgan fingerprint density at radius 1 is 0.705 bits per heavy atom. The molecule has 3 atom stereocenters. The lowest BCUT2D eigenvalue weighted by atomic mass is 9.77. The maximum Gasteiger partial charge on any atom is 0.408 e. The maximum absolute atomic E-state index is 14.1. The van der Waals surface area contributed by atoms with Crippen molar-refractivity contribution in [2.75, 3.05) is 6.61 Å². The minimum Gasteiger partial charge on any atom is -0.480 e. The number of carbonyl (C=O) groups excluding carboxylic acids is 3. The van der Waals surface area contributed by atoms with Crippen molar-refractivity contribution in [2.24, 2.45) is 0 Å². The Morgan fingerprint density at radius 3 is 1.69 bits per heavy atom. The normalized spacial score (nSPS) is 13.8. The number of esters is 1. The van der Waals surface area contributed by atoms with Gasteiger partial charge in [-0.2, -0.15) is 0 Å². The van der Waals surface area contributed by atoms with E-state index in [0.29, 0.717) is 5.69 Å². The molecule has 0 radical (unpaired) electrons. The number of carboxylic acids is 1. The average Bonchev–Trinajstić information content (AvgIpc) is 3.85. The lowest BCUT2D eigenvalue weighted by molar-refractivity contribution is -0.156. The molecule has 1 heterocycles. The van der Waals surface area contributed by atoms with Crippen molar-refractivity contribution in [1.82, 2.24) is 20.2 Å². The zero-order valence-electron chi connectivity index (χ0n) is 34.4. The Hall–Kier alpha value is -7.21. The number of nitrogens with one attached hydrogen (secondary N) is 2. The number of aliphatic carboxylic acids is 1. The third-order valence-electron chi connectivity index (χ3n) is 10.6. The summed E-state index contributed by atoms with van der Waals surface area (Å²) in [4.78, 5) is 57.5. The van der Waals surface area contributed by atoms with Crippen LogP contribution >= 0.6 is 0 Å².